The van der Waals surface area contributed by atoms with E-state index >= 15 is 0 Å². The molecule has 0 spiro atoms. The van der Waals surface area contributed by atoms with Gasteiger partial charge < -0.3 is 10.2 Å². The minimum atomic E-state index is -0.644. The van der Waals surface area contributed by atoms with Gasteiger partial charge in [-0.2, -0.15) is 0 Å². The second kappa shape index (κ2) is 6.09. The lowest BCUT2D eigenvalue weighted by Gasteiger charge is -2.31. The van der Waals surface area contributed by atoms with Crippen LogP contribution in [0.15, 0.2) is 12.3 Å². The highest BCUT2D eigenvalue weighted by atomic mass is 19.1. The summed E-state index contributed by atoms with van der Waals surface area (Å²) in [5.74, 6) is -0.580. The zero-order valence-electron chi connectivity index (χ0n) is 10.6. The number of piperidine rings is 1. The first-order chi connectivity index (χ1) is 8.69. The van der Waals surface area contributed by atoms with Crippen molar-refractivity contribution < 1.29 is 8.78 Å². The number of anilines is 1. The lowest BCUT2D eigenvalue weighted by molar-refractivity contribution is 0.198. The van der Waals surface area contributed by atoms with Crippen LogP contribution in [0.25, 0.3) is 0 Å². The molecule has 0 saturated carbocycles. The largest absolute Gasteiger partial charge is 0.367 e. The SMILES string of the molecule is CCN1CCC(CNc2ncc(F)cc2F)CC1. The zero-order valence-corrected chi connectivity index (χ0v) is 10.6. The van der Waals surface area contributed by atoms with Crippen LogP contribution in [0.4, 0.5) is 14.6 Å². The number of likely N-dealkylation sites (tertiary alicyclic amines) is 1. The topological polar surface area (TPSA) is 28.2 Å². The third-order valence-corrected chi connectivity index (χ3v) is 3.52. The molecule has 18 heavy (non-hydrogen) atoms. The molecule has 1 aromatic rings. The summed E-state index contributed by atoms with van der Waals surface area (Å²) in [6, 6.07) is 0.856. The molecule has 1 aliphatic heterocycles. The van der Waals surface area contributed by atoms with Crippen molar-refractivity contribution in [1.82, 2.24) is 9.88 Å². The molecule has 0 aromatic carbocycles. The Kier molecular flexibility index (Phi) is 4.47. The van der Waals surface area contributed by atoms with Crippen LogP contribution in [-0.2, 0) is 0 Å². The molecule has 0 unspecified atom stereocenters. The summed E-state index contributed by atoms with van der Waals surface area (Å²) in [6.45, 7) is 6.15. The van der Waals surface area contributed by atoms with Gasteiger partial charge in [-0.25, -0.2) is 13.8 Å². The molecule has 1 aromatic heterocycles. The van der Waals surface area contributed by atoms with Gasteiger partial charge in [0.1, 0.15) is 5.82 Å². The average Bonchev–Trinajstić information content (AvgIpc) is 2.38. The van der Waals surface area contributed by atoms with Crippen molar-refractivity contribution in [3.63, 3.8) is 0 Å². The smallest absolute Gasteiger partial charge is 0.168 e. The van der Waals surface area contributed by atoms with Gasteiger partial charge in [0.2, 0.25) is 0 Å². The number of nitrogens with zero attached hydrogens (tertiary/aromatic N) is 2. The Morgan fingerprint density at radius 3 is 2.72 bits per heavy atom. The van der Waals surface area contributed by atoms with Crippen LogP contribution >= 0.6 is 0 Å². The molecule has 1 fully saturated rings. The first-order valence-corrected chi connectivity index (χ1v) is 6.46. The van der Waals surface area contributed by atoms with E-state index < -0.39 is 11.6 Å². The summed E-state index contributed by atoms with van der Waals surface area (Å²) in [5.41, 5.74) is 0. The van der Waals surface area contributed by atoms with E-state index in [1.807, 2.05) is 0 Å². The summed E-state index contributed by atoms with van der Waals surface area (Å²) in [5, 5.41) is 2.97. The number of hydrogen-bond donors (Lipinski definition) is 1. The molecule has 5 heteroatoms. The summed E-state index contributed by atoms with van der Waals surface area (Å²) >= 11 is 0. The maximum absolute atomic E-state index is 13.3. The van der Waals surface area contributed by atoms with Gasteiger partial charge in [-0.15, -0.1) is 0 Å². The zero-order chi connectivity index (χ0) is 13.0. The van der Waals surface area contributed by atoms with Crippen molar-refractivity contribution in [2.24, 2.45) is 5.92 Å². The Morgan fingerprint density at radius 1 is 1.39 bits per heavy atom. The Hall–Kier alpha value is -1.23. The van der Waals surface area contributed by atoms with Gasteiger partial charge in [0.15, 0.2) is 11.6 Å². The van der Waals surface area contributed by atoms with E-state index in [9.17, 15) is 8.78 Å². The highest BCUT2D eigenvalue weighted by molar-refractivity contribution is 5.35. The second-order valence-corrected chi connectivity index (χ2v) is 4.74. The average molecular weight is 255 g/mol. The van der Waals surface area contributed by atoms with Crippen LogP contribution in [0.1, 0.15) is 19.8 Å². The van der Waals surface area contributed by atoms with Crippen molar-refractivity contribution in [2.75, 3.05) is 31.5 Å². The number of rotatable bonds is 4. The minimum Gasteiger partial charge on any atom is -0.367 e. The predicted molar refractivity (Wildman–Crippen MR) is 67.5 cm³/mol. The Bertz CT molecular complexity index is 390. The number of pyridine rings is 1. The van der Waals surface area contributed by atoms with Crippen LogP contribution in [0, 0.1) is 17.6 Å². The Labute approximate surface area is 106 Å². The van der Waals surface area contributed by atoms with E-state index in [1.165, 1.54) is 0 Å². The third kappa shape index (κ3) is 3.38. The van der Waals surface area contributed by atoms with Crippen LogP contribution in [0.2, 0.25) is 0 Å². The number of halogens is 2. The van der Waals surface area contributed by atoms with Gasteiger partial charge in [-0.1, -0.05) is 6.92 Å². The van der Waals surface area contributed by atoms with Gasteiger partial charge in [-0.3, -0.25) is 0 Å². The van der Waals surface area contributed by atoms with Gasteiger partial charge in [-0.05, 0) is 38.4 Å². The van der Waals surface area contributed by atoms with Crippen molar-refractivity contribution >= 4 is 5.82 Å². The maximum atomic E-state index is 13.3. The molecule has 1 aliphatic rings. The first kappa shape index (κ1) is 13.2. The number of hydrogen-bond acceptors (Lipinski definition) is 3. The second-order valence-electron chi connectivity index (χ2n) is 4.74. The fourth-order valence-electron chi connectivity index (χ4n) is 2.29. The minimum absolute atomic E-state index is 0.148. The van der Waals surface area contributed by atoms with Gasteiger partial charge >= 0.3 is 0 Å². The molecule has 3 nitrogen and oxygen atoms in total. The van der Waals surface area contributed by atoms with E-state index in [0.717, 1.165) is 44.7 Å². The summed E-state index contributed by atoms with van der Waals surface area (Å²) in [6.07, 6.45) is 3.26. The normalized spacial score (nSPS) is 17.9. The quantitative estimate of drug-likeness (QED) is 0.896. The lowest BCUT2D eigenvalue weighted by Crippen LogP contribution is -2.35. The van der Waals surface area contributed by atoms with Crippen LogP contribution < -0.4 is 5.32 Å². The highest BCUT2D eigenvalue weighted by Crippen LogP contribution is 2.18. The van der Waals surface area contributed by atoms with Gasteiger partial charge in [0.25, 0.3) is 0 Å². The van der Waals surface area contributed by atoms with Crippen molar-refractivity contribution in [3.8, 4) is 0 Å². The molecule has 2 heterocycles. The molecule has 1 N–H and O–H groups in total. The Balaban J connectivity index is 1.81. The summed E-state index contributed by atoms with van der Waals surface area (Å²) in [4.78, 5) is 6.13. The molecule has 0 bridgehead atoms. The molecule has 2 rings (SSSR count). The van der Waals surface area contributed by atoms with Crippen molar-refractivity contribution in [1.29, 1.82) is 0 Å². The summed E-state index contributed by atoms with van der Waals surface area (Å²) in [7, 11) is 0. The molecule has 0 amide bonds. The van der Waals surface area contributed by atoms with E-state index in [4.69, 9.17) is 0 Å². The van der Waals surface area contributed by atoms with E-state index in [-0.39, 0.29) is 5.82 Å². The highest BCUT2D eigenvalue weighted by Gasteiger charge is 2.18. The van der Waals surface area contributed by atoms with Gasteiger partial charge in [0, 0.05) is 12.6 Å². The molecular formula is C13H19F2N3. The molecule has 0 atom stereocenters. The molecule has 1 saturated heterocycles. The Morgan fingerprint density at radius 2 is 2.11 bits per heavy atom. The molecule has 0 radical (unpaired) electrons. The maximum Gasteiger partial charge on any atom is 0.168 e. The number of nitrogens with one attached hydrogen (secondary N) is 1. The fourth-order valence-corrected chi connectivity index (χ4v) is 2.29. The fraction of sp³-hybridized carbons (Fsp3) is 0.615. The number of aromatic nitrogens is 1. The molecular weight excluding hydrogens is 236 g/mol. The molecule has 0 aliphatic carbocycles. The first-order valence-electron chi connectivity index (χ1n) is 6.46. The predicted octanol–water partition coefficient (Wildman–Crippen LogP) is 2.50. The van der Waals surface area contributed by atoms with E-state index in [2.05, 4.69) is 22.1 Å². The van der Waals surface area contributed by atoms with E-state index in [1.54, 1.807) is 0 Å². The van der Waals surface area contributed by atoms with Crippen LogP contribution in [-0.4, -0.2) is 36.1 Å². The van der Waals surface area contributed by atoms with Crippen molar-refractivity contribution in [2.45, 2.75) is 19.8 Å². The third-order valence-electron chi connectivity index (χ3n) is 3.52. The summed E-state index contributed by atoms with van der Waals surface area (Å²) < 4.78 is 26.0. The molecule has 100 valence electrons. The van der Waals surface area contributed by atoms with E-state index in [0.29, 0.717) is 12.5 Å². The standard InChI is InChI=1S/C13H19F2N3/c1-2-18-5-3-10(4-6-18)8-16-13-12(15)7-11(14)9-17-13/h7,9-10H,2-6,8H2,1H3,(H,16,17). The lowest BCUT2D eigenvalue weighted by atomic mass is 9.97. The van der Waals surface area contributed by atoms with Crippen molar-refractivity contribution in [3.05, 3.63) is 23.9 Å². The van der Waals surface area contributed by atoms with Crippen LogP contribution in [0.5, 0.6) is 0 Å². The van der Waals surface area contributed by atoms with Crippen LogP contribution in [0.3, 0.4) is 0 Å². The monoisotopic (exact) mass is 255 g/mol. The van der Waals surface area contributed by atoms with Gasteiger partial charge in [0.05, 0.1) is 6.20 Å².